The molecule has 0 radical (unpaired) electrons. The number of fused-ring (bicyclic) bond motifs is 1. The topological polar surface area (TPSA) is 78.3 Å². The number of aromatic nitrogens is 2. The van der Waals surface area contributed by atoms with E-state index in [2.05, 4.69) is 4.98 Å². The molecular weight excluding hydrogens is 400 g/mol. The molecule has 2 aromatic heterocycles. The number of aryl methyl sites for hydroxylation is 1. The Hall–Kier alpha value is -3.58. The maximum absolute atomic E-state index is 13.0. The minimum Gasteiger partial charge on any atom is -0.457 e. The molecule has 0 aliphatic carbocycles. The lowest BCUT2D eigenvalue weighted by Gasteiger charge is -2.05. The van der Waals surface area contributed by atoms with Crippen molar-refractivity contribution < 1.29 is 14.3 Å². The lowest BCUT2D eigenvalue weighted by Crippen LogP contribution is -2.24. The number of thiophene rings is 1. The molecule has 0 fully saturated rings. The van der Waals surface area contributed by atoms with Gasteiger partial charge in [-0.05, 0) is 18.1 Å². The summed E-state index contributed by atoms with van der Waals surface area (Å²) in [6.45, 7) is 1.73. The van der Waals surface area contributed by atoms with Gasteiger partial charge in [-0.25, -0.2) is 9.78 Å². The zero-order valence-electron chi connectivity index (χ0n) is 16.2. The highest BCUT2D eigenvalue weighted by Gasteiger charge is 2.21. The van der Waals surface area contributed by atoms with E-state index in [1.807, 2.05) is 36.4 Å². The molecular formula is C23H18N2O4S. The van der Waals surface area contributed by atoms with Crippen LogP contribution in [0.4, 0.5) is 0 Å². The Kier molecular flexibility index (Phi) is 5.54. The van der Waals surface area contributed by atoms with Gasteiger partial charge in [0.05, 0.1) is 18.3 Å². The van der Waals surface area contributed by atoms with Crippen LogP contribution in [0.15, 0.2) is 71.8 Å². The SMILES string of the molecule is Cc1c(C(=O)OCc2ccccc2)sc2ncn(CC(=O)c3ccccc3)c(=O)c12. The van der Waals surface area contributed by atoms with Crippen LogP contribution in [0.3, 0.4) is 0 Å². The zero-order chi connectivity index (χ0) is 21.1. The summed E-state index contributed by atoms with van der Waals surface area (Å²) in [6, 6.07) is 18.1. The first-order chi connectivity index (χ1) is 14.5. The molecule has 0 N–H and O–H groups in total. The average Bonchev–Trinajstić information content (AvgIpc) is 3.12. The van der Waals surface area contributed by atoms with Crippen LogP contribution in [-0.2, 0) is 17.9 Å². The van der Waals surface area contributed by atoms with E-state index in [1.165, 1.54) is 10.9 Å². The van der Waals surface area contributed by atoms with Crippen molar-refractivity contribution in [3.8, 4) is 0 Å². The highest BCUT2D eigenvalue weighted by Crippen LogP contribution is 2.27. The highest BCUT2D eigenvalue weighted by atomic mass is 32.1. The third-order valence-electron chi connectivity index (χ3n) is 4.73. The number of carbonyl (C=O) groups excluding carboxylic acids is 2. The number of Topliss-reactive ketones (excluding diaryl/α,β-unsaturated/α-hetero) is 1. The summed E-state index contributed by atoms with van der Waals surface area (Å²) in [7, 11) is 0. The number of esters is 1. The maximum atomic E-state index is 13.0. The monoisotopic (exact) mass is 418 g/mol. The number of carbonyl (C=O) groups is 2. The summed E-state index contributed by atoms with van der Waals surface area (Å²) in [6.07, 6.45) is 1.35. The maximum Gasteiger partial charge on any atom is 0.349 e. The Morgan fingerprint density at radius 2 is 1.70 bits per heavy atom. The molecule has 0 unspecified atom stereocenters. The molecule has 6 nitrogen and oxygen atoms in total. The van der Waals surface area contributed by atoms with Gasteiger partial charge in [-0.3, -0.25) is 14.2 Å². The van der Waals surface area contributed by atoms with Crippen LogP contribution in [0.25, 0.3) is 10.2 Å². The van der Waals surface area contributed by atoms with E-state index in [0.717, 1.165) is 16.9 Å². The molecule has 0 aliphatic heterocycles. The molecule has 30 heavy (non-hydrogen) atoms. The normalized spacial score (nSPS) is 10.8. The van der Waals surface area contributed by atoms with E-state index in [9.17, 15) is 14.4 Å². The number of hydrogen-bond acceptors (Lipinski definition) is 6. The van der Waals surface area contributed by atoms with E-state index < -0.39 is 5.97 Å². The second-order valence-electron chi connectivity index (χ2n) is 6.76. The van der Waals surface area contributed by atoms with E-state index in [4.69, 9.17) is 4.74 Å². The van der Waals surface area contributed by atoms with E-state index in [-0.39, 0.29) is 24.5 Å². The van der Waals surface area contributed by atoms with Crippen molar-refractivity contribution in [1.82, 2.24) is 9.55 Å². The Morgan fingerprint density at radius 3 is 2.40 bits per heavy atom. The molecule has 0 saturated carbocycles. The Balaban J connectivity index is 1.59. The van der Waals surface area contributed by atoms with Crippen LogP contribution >= 0.6 is 11.3 Å². The van der Waals surface area contributed by atoms with E-state index >= 15 is 0 Å². The largest absolute Gasteiger partial charge is 0.457 e. The van der Waals surface area contributed by atoms with Gasteiger partial charge in [-0.15, -0.1) is 11.3 Å². The van der Waals surface area contributed by atoms with Crippen molar-refractivity contribution >= 4 is 33.3 Å². The second kappa shape index (κ2) is 8.42. The Morgan fingerprint density at radius 1 is 1.03 bits per heavy atom. The zero-order valence-corrected chi connectivity index (χ0v) is 17.0. The third-order valence-corrected chi connectivity index (χ3v) is 5.91. The lowest BCUT2D eigenvalue weighted by molar-refractivity contribution is 0.0477. The van der Waals surface area contributed by atoms with Crippen molar-refractivity contribution in [2.24, 2.45) is 0 Å². The predicted molar refractivity (Wildman–Crippen MR) is 115 cm³/mol. The first-order valence-electron chi connectivity index (χ1n) is 9.32. The first kappa shape index (κ1) is 19.7. The van der Waals surface area contributed by atoms with E-state index in [0.29, 0.717) is 26.2 Å². The van der Waals surface area contributed by atoms with Crippen molar-refractivity contribution in [1.29, 1.82) is 0 Å². The first-order valence-corrected chi connectivity index (χ1v) is 10.1. The lowest BCUT2D eigenvalue weighted by atomic mass is 10.1. The molecule has 4 rings (SSSR count). The summed E-state index contributed by atoms with van der Waals surface area (Å²) in [5.41, 5.74) is 1.58. The minimum atomic E-state index is -0.495. The molecule has 2 aromatic carbocycles. The van der Waals surface area contributed by atoms with Crippen LogP contribution < -0.4 is 5.56 Å². The number of benzene rings is 2. The summed E-state index contributed by atoms with van der Waals surface area (Å²) in [4.78, 5) is 43.1. The number of rotatable bonds is 6. The molecule has 0 bridgehead atoms. The van der Waals surface area contributed by atoms with Gasteiger partial charge in [0.25, 0.3) is 5.56 Å². The van der Waals surface area contributed by atoms with Gasteiger partial charge in [0.1, 0.15) is 16.3 Å². The predicted octanol–water partition coefficient (Wildman–Crippen LogP) is 4.01. The van der Waals surface area contributed by atoms with Crippen LogP contribution in [0, 0.1) is 6.92 Å². The molecule has 7 heteroatoms. The van der Waals surface area contributed by atoms with Gasteiger partial charge in [0.15, 0.2) is 5.78 Å². The summed E-state index contributed by atoms with van der Waals surface area (Å²) < 4.78 is 6.67. The van der Waals surface area contributed by atoms with Gasteiger partial charge >= 0.3 is 5.97 Å². The van der Waals surface area contributed by atoms with Crippen LogP contribution in [0.2, 0.25) is 0 Å². The van der Waals surface area contributed by atoms with Crippen molar-refractivity contribution in [3.05, 3.63) is 98.9 Å². The number of hydrogen-bond donors (Lipinski definition) is 0. The van der Waals surface area contributed by atoms with Gasteiger partial charge in [-0.1, -0.05) is 60.7 Å². The summed E-state index contributed by atoms with van der Waals surface area (Å²) in [5.74, 6) is -0.681. The molecule has 0 aliphatic rings. The quantitative estimate of drug-likeness (QED) is 0.349. The van der Waals surface area contributed by atoms with Gasteiger partial charge < -0.3 is 4.74 Å². The number of nitrogens with zero attached hydrogens (tertiary/aromatic N) is 2. The smallest absolute Gasteiger partial charge is 0.349 e. The average molecular weight is 418 g/mol. The van der Waals surface area contributed by atoms with Gasteiger partial charge in [0.2, 0.25) is 0 Å². The van der Waals surface area contributed by atoms with Crippen molar-refractivity contribution in [3.63, 3.8) is 0 Å². The van der Waals surface area contributed by atoms with Crippen LogP contribution in [0.1, 0.15) is 31.2 Å². The fraction of sp³-hybridized carbons (Fsp3) is 0.130. The molecule has 150 valence electrons. The minimum absolute atomic E-state index is 0.116. The summed E-state index contributed by atoms with van der Waals surface area (Å²) >= 11 is 1.12. The molecule has 0 atom stereocenters. The Labute approximate surface area is 176 Å². The second-order valence-corrected chi connectivity index (χ2v) is 7.76. The van der Waals surface area contributed by atoms with Crippen molar-refractivity contribution in [2.75, 3.05) is 0 Å². The fourth-order valence-electron chi connectivity index (χ4n) is 3.13. The van der Waals surface area contributed by atoms with E-state index in [1.54, 1.807) is 31.2 Å². The molecule has 0 spiro atoms. The fourth-order valence-corrected chi connectivity index (χ4v) is 4.16. The third kappa shape index (κ3) is 3.92. The van der Waals surface area contributed by atoms with Crippen LogP contribution in [0.5, 0.6) is 0 Å². The summed E-state index contributed by atoms with van der Waals surface area (Å²) in [5, 5.41) is 0.343. The molecule has 0 saturated heterocycles. The molecule has 4 aromatic rings. The van der Waals surface area contributed by atoms with Gasteiger partial charge in [0, 0.05) is 5.56 Å². The van der Waals surface area contributed by atoms with Gasteiger partial charge in [-0.2, -0.15) is 0 Å². The Bertz CT molecular complexity index is 1280. The van der Waals surface area contributed by atoms with Crippen LogP contribution in [-0.4, -0.2) is 21.3 Å². The molecule has 0 amide bonds. The molecule has 2 heterocycles. The standard InChI is InChI=1S/C23H18N2O4S/c1-15-19-21(30-20(15)23(28)29-13-16-8-4-2-5-9-16)24-14-25(22(19)27)12-18(26)17-10-6-3-7-11-17/h2-11,14H,12-13H2,1H3. The van der Waals surface area contributed by atoms with Crippen molar-refractivity contribution in [2.45, 2.75) is 20.1 Å². The number of ether oxygens (including phenoxy) is 1. The highest BCUT2D eigenvalue weighted by molar-refractivity contribution is 7.20. The number of ketones is 1.